The molecule has 0 saturated carbocycles. The molecule has 4 heteroatoms. The van der Waals surface area contributed by atoms with E-state index in [1.54, 1.807) is 0 Å². The summed E-state index contributed by atoms with van der Waals surface area (Å²) < 4.78 is 23.8. The summed E-state index contributed by atoms with van der Waals surface area (Å²) in [4.78, 5) is 0. The van der Waals surface area contributed by atoms with Crippen LogP contribution in [0.4, 0.5) is 0 Å². The van der Waals surface area contributed by atoms with Gasteiger partial charge < -0.3 is 5.73 Å². The SMILES string of the molecule is CCCCS(=O)(=O)CC(N)c1cc(C)ccc1C. The topological polar surface area (TPSA) is 60.2 Å². The molecule has 0 aliphatic heterocycles. The predicted molar refractivity (Wildman–Crippen MR) is 76.4 cm³/mol. The molecule has 0 radical (unpaired) electrons. The molecule has 2 N–H and O–H groups in total. The zero-order chi connectivity index (χ0) is 13.8. The average Bonchev–Trinajstić information content (AvgIpc) is 2.29. The number of rotatable bonds is 6. The molecule has 0 bridgehead atoms. The maximum atomic E-state index is 11.9. The fourth-order valence-electron chi connectivity index (χ4n) is 1.97. The minimum atomic E-state index is -3.05. The van der Waals surface area contributed by atoms with Gasteiger partial charge in [-0.05, 0) is 31.4 Å². The fraction of sp³-hybridized carbons (Fsp3) is 0.571. The summed E-state index contributed by atoms with van der Waals surface area (Å²) in [6.45, 7) is 5.94. The van der Waals surface area contributed by atoms with Crippen LogP contribution in [0.2, 0.25) is 0 Å². The van der Waals surface area contributed by atoms with Crippen LogP contribution in [0.15, 0.2) is 18.2 Å². The van der Waals surface area contributed by atoms with Crippen LogP contribution in [0.5, 0.6) is 0 Å². The molecule has 1 rings (SSSR count). The van der Waals surface area contributed by atoms with Crippen molar-refractivity contribution in [1.29, 1.82) is 0 Å². The lowest BCUT2D eigenvalue weighted by molar-refractivity contribution is 0.585. The van der Waals surface area contributed by atoms with Gasteiger partial charge in [-0.3, -0.25) is 0 Å². The summed E-state index contributed by atoms with van der Waals surface area (Å²) in [6.07, 6.45) is 1.60. The first kappa shape index (κ1) is 15.2. The van der Waals surface area contributed by atoms with Crippen LogP contribution in [0.3, 0.4) is 0 Å². The van der Waals surface area contributed by atoms with Crippen molar-refractivity contribution in [3.8, 4) is 0 Å². The van der Waals surface area contributed by atoms with Gasteiger partial charge in [0.15, 0.2) is 9.84 Å². The van der Waals surface area contributed by atoms with Gasteiger partial charge in [0.1, 0.15) is 0 Å². The third-order valence-corrected chi connectivity index (χ3v) is 4.85. The van der Waals surface area contributed by atoms with Gasteiger partial charge >= 0.3 is 0 Å². The van der Waals surface area contributed by atoms with Gasteiger partial charge in [-0.25, -0.2) is 8.42 Å². The zero-order valence-electron chi connectivity index (χ0n) is 11.4. The minimum Gasteiger partial charge on any atom is -0.323 e. The van der Waals surface area contributed by atoms with Crippen molar-refractivity contribution in [2.45, 2.75) is 39.7 Å². The Morgan fingerprint density at radius 1 is 1.28 bits per heavy atom. The Kier molecular flexibility index (Phi) is 5.35. The summed E-state index contributed by atoms with van der Waals surface area (Å²) in [7, 11) is -3.05. The summed E-state index contributed by atoms with van der Waals surface area (Å²) in [5.41, 5.74) is 9.15. The molecule has 1 unspecified atom stereocenters. The van der Waals surface area contributed by atoms with Crippen LogP contribution in [-0.4, -0.2) is 19.9 Å². The summed E-state index contributed by atoms with van der Waals surface area (Å²) in [5.74, 6) is 0.277. The third-order valence-electron chi connectivity index (χ3n) is 3.08. The molecule has 0 amide bonds. The predicted octanol–water partition coefficient (Wildman–Crippen LogP) is 2.52. The van der Waals surface area contributed by atoms with Crippen molar-refractivity contribution < 1.29 is 8.42 Å². The van der Waals surface area contributed by atoms with Crippen LogP contribution in [0.25, 0.3) is 0 Å². The van der Waals surface area contributed by atoms with E-state index in [1.807, 2.05) is 39.0 Å². The lowest BCUT2D eigenvalue weighted by Crippen LogP contribution is -2.24. The molecule has 0 aliphatic rings. The maximum absolute atomic E-state index is 11.9. The van der Waals surface area contributed by atoms with E-state index in [9.17, 15) is 8.42 Å². The number of benzene rings is 1. The second kappa shape index (κ2) is 6.34. The maximum Gasteiger partial charge on any atom is 0.152 e. The van der Waals surface area contributed by atoms with Crippen LogP contribution < -0.4 is 5.73 Å². The first-order chi connectivity index (χ1) is 8.35. The normalized spacial score (nSPS) is 13.6. The van der Waals surface area contributed by atoms with Crippen molar-refractivity contribution in [3.05, 3.63) is 34.9 Å². The smallest absolute Gasteiger partial charge is 0.152 e. The lowest BCUT2D eigenvalue weighted by Gasteiger charge is -2.15. The Bertz CT molecular complexity index is 495. The van der Waals surface area contributed by atoms with Gasteiger partial charge in [-0.15, -0.1) is 0 Å². The van der Waals surface area contributed by atoms with E-state index >= 15 is 0 Å². The highest BCUT2D eigenvalue weighted by atomic mass is 32.2. The molecule has 0 saturated heterocycles. The molecule has 1 aromatic carbocycles. The quantitative estimate of drug-likeness (QED) is 0.863. The standard InChI is InChI=1S/C14H23NO2S/c1-4-5-8-18(16,17)10-14(15)13-9-11(2)6-7-12(13)3/h6-7,9,14H,4-5,8,10,15H2,1-3H3. The number of nitrogens with two attached hydrogens (primary N) is 1. The summed E-state index contributed by atoms with van der Waals surface area (Å²) in [5, 5.41) is 0. The number of hydrogen-bond donors (Lipinski definition) is 1. The first-order valence-electron chi connectivity index (χ1n) is 6.39. The largest absolute Gasteiger partial charge is 0.323 e. The second-order valence-electron chi connectivity index (χ2n) is 4.93. The lowest BCUT2D eigenvalue weighted by atomic mass is 10.0. The average molecular weight is 269 g/mol. The van der Waals surface area contributed by atoms with E-state index in [0.29, 0.717) is 6.42 Å². The van der Waals surface area contributed by atoms with Crippen LogP contribution in [0.1, 0.15) is 42.5 Å². The summed E-state index contributed by atoms with van der Waals surface area (Å²) >= 11 is 0. The van der Waals surface area contributed by atoms with E-state index in [-0.39, 0.29) is 11.5 Å². The van der Waals surface area contributed by atoms with Gasteiger partial charge in [-0.2, -0.15) is 0 Å². The molecule has 1 aromatic rings. The highest BCUT2D eigenvalue weighted by Gasteiger charge is 2.18. The van der Waals surface area contributed by atoms with Crippen LogP contribution in [0, 0.1) is 13.8 Å². The molecule has 0 heterocycles. The first-order valence-corrected chi connectivity index (χ1v) is 8.21. The van der Waals surface area contributed by atoms with Gasteiger partial charge in [0.2, 0.25) is 0 Å². The van der Waals surface area contributed by atoms with E-state index in [2.05, 4.69) is 0 Å². The highest BCUT2D eigenvalue weighted by Crippen LogP contribution is 2.19. The number of sulfone groups is 1. The van der Waals surface area contributed by atoms with E-state index < -0.39 is 15.9 Å². The van der Waals surface area contributed by atoms with E-state index in [4.69, 9.17) is 5.73 Å². The van der Waals surface area contributed by atoms with Crippen LogP contribution in [-0.2, 0) is 9.84 Å². The van der Waals surface area contributed by atoms with Crippen molar-refractivity contribution in [2.75, 3.05) is 11.5 Å². The number of aryl methyl sites for hydroxylation is 2. The van der Waals surface area contributed by atoms with Crippen molar-refractivity contribution in [2.24, 2.45) is 5.73 Å². The molecular weight excluding hydrogens is 246 g/mol. The van der Waals surface area contributed by atoms with Gasteiger partial charge in [0, 0.05) is 6.04 Å². The number of unbranched alkanes of at least 4 members (excludes halogenated alkanes) is 1. The van der Waals surface area contributed by atoms with Gasteiger partial charge in [0.25, 0.3) is 0 Å². The highest BCUT2D eigenvalue weighted by molar-refractivity contribution is 7.91. The molecule has 18 heavy (non-hydrogen) atoms. The second-order valence-corrected chi connectivity index (χ2v) is 7.16. The Morgan fingerprint density at radius 3 is 2.56 bits per heavy atom. The van der Waals surface area contributed by atoms with Crippen molar-refractivity contribution in [3.63, 3.8) is 0 Å². The van der Waals surface area contributed by atoms with Crippen LogP contribution >= 0.6 is 0 Å². The Balaban J connectivity index is 2.82. The zero-order valence-corrected chi connectivity index (χ0v) is 12.3. The third kappa shape index (κ3) is 4.42. The van der Waals surface area contributed by atoms with Crippen molar-refractivity contribution >= 4 is 9.84 Å². The fourth-order valence-corrected chi connectivity index (χ4v) is 3.59. The molecule has 3 nitrogen and oxygen atoms in total. The monoisotopic (exact) mass is 269 g/mol. The molecule has 0 spiro atoms. The Labute approximate surface area is 110 Å². The Morgan fingerprint density at radius 2 is 1.94 bits per heavy atom. The molecule has 1 atom stereocenters. The summed E-state index contributed by atoms with van der Waals surface area (Å²) in [6, 6.07) is 5.56. The molecule has 0 aromatic heterocycles. The Hall–Kier alpha value is -0.870. The molecule has 102 valence electrons. The van der Waals surface area contributed by atoms with Gasteiger partial charge in [-0.1, -0.05) is 37.1 Å². The molecular formula is C14H23NO2S. The molecule has 0 aliphatic carbocycles. The number of hydrogen-bond acceptors (Lipinski definition) is 3. The van der Waals surface area contributed by atoms with E-state index in [0.717, 1.165) is 23.1 Å². The molecule has 0 fully saturated rings. The van der Waals surface area contributed by atoms with E-state index in [1.165, 1.54) is 0 Å². The van der Waals surface area contributed by atoms with Gasteiger partial charge in [0.05, 0.1) is 11.5 Å². The minimum absolute atomic E-state index is 0.0390. The van der Waals surface area contributed by atoms with Crippen molar-refractivity contribution in [1.82, 2.24) is 0 Å².